The molecule has 1 amide bonds. The van der Waals surface area contributed by atoms with E-state index in [1.165, 1.54) is 6.08 Å². The maximum absolute atomic E-state index is 12.2. The number of H-pyrrole nitrogens is 1. The van der Waals surface area contributed by atoms with Crippen molar-refractivity contribution in [1.82, 2.24) is 20.5 Å². The maximum Gasteiger partial charge on any atom is 0.248 e. The van der Waals surface area contributed by atoms with Crippen molar-refractivity contribution >= 4 is 17.7 Å². The SMILES string of the molecule is N#CCCNCc1ccc(NC(=O)/C=C/c2cnccc2-c2cn[nH]c2)cc1. The van der Waals surface area contributed by atoms with E-state index >= 15 is 0 Å². The molecule has 0 aliphatic rings. The second-order valence-electron chi connectivity index (χ2n) is 6.05. The summed E-state index contributed by atoms with van der Waals surface area (Å²) in [6.07, 6.45) is 10.6. The predicted molar refractivity (Wildman–Crippen MR) is 108 cm³/mol. The standard InChI is InChI=1S/C21H20N6O/c22-9-1-10-23-12-16-2-5-19(6-3-16)27-21(28)7-4-17-13-24-11-8-20(17)18-14-25-26-15-18/h2-8,11,13-15,23H,1,10,12H2,(H,25,26)(H,27,28)/b7-4+. The van der Waals surface area contributed by atoms with Gasteiger partial charge in [-0.1, -0.05) is 12.1 Å². The molecule has 0 spiro atoms. The summed E-state index contributed by atoms with van der Waals surface area (Å²) in [5.74, 6) is -0.220. The third-order valence-electron chi connectivity index (χ3n) is 4.04. The number of rotatable bonds is 8. The van der Waals surface area contributed by atoms with Crippen LogP contribution in [0.2, 0.25) is 0 Å². The summed E-state index contributed by atoms with van der Waals surface area (Å²) >= 11 is 0. The number of pyridine rings is 1. The highest BCUT2D eigenvalue weighted by Gasteiger charge is 2.05. The summed E-state index contributed by atoms with van der Waals surface area (Å²) in [4.78, 5) is 16.4. The minimum absolute atomic E-state index is 0.220. The van der Waals surface area contributed by atoms with Crippen molar-refractivity contribution in [1.29, 1.82) is 5.26 Å². The molecule has 7 nitrogen and oxygen atoms in total. The van der Waals surface area contributed by atoms with Crippen molar-refractivity contribution in [3.63, 3.8) is 0 Å². The average Bonchev–Trinajstić information content (AvgIpc) is 3.26. The highest BCUT2D eigenvalue weighted by molar-refractivity contribution is 6.02. The maximum atomic E-state index is 12.2. The van der Waals surface area contributed by atoms with Crippen molar-refractivity contribution in [2.24, 2.45) is 0 Å². The Morgan fingerprint density at radius 1 is 1.21 bits per heavy atom. The van der Waals surface area contributed by atoms with Gasteiger partial charge < -0.3 is 10.6 Å². The molecule has 0 bridgehead atoms. The molecule has 140 valence electrons. The Morgan fingerprint density at radius 2 is 2.07 bits per heavy atom. The normalized spacial score (nSPS) is 10.7. The molecule has 3 rings (SSSR count). The Bertz CT molecular complexity index is 971. The summed E-state index contributed by atoms with van der Waals surface area (Å²) in [6.45, 7) is 1.35. The van der Waals surface area contributed by atoms with Gasteiger partial charge in [-0.2, -0.15) is 10.4 Å². The molecular weight excluding hydrogens is 352 g/mol. The van der Waals surface area contributed by atoms with Crippen LogP contribution in [0.1, 0.15) is 17.5 Å². The second-order valence-corrected chi connectivity index (χ2v) is 6.05. The molecule has 0 radical (unpaired) electrons. The molecule has 0 aliphatic heterocycles. The number of benzene rings is 1. The predicted octanol–water partition coefficient (Wildman–Crippen LogP) is 3.13. The summed E-state index contributed by atoms with van der Waals surface area (Å²) in [6, 6.07) is 11.6. The molecule has 2 heterocycles. The van der Waals surface area contributed by atoms with Crippen molar-refractivity contribution < 1.29 is 4.79 Å². The molecule has 0 unspecified atom stereocenters. The zero-order valence-corrected chi connectivity index (χ0v) is 15.2. The quantitative estimate of drug-likeness (QED) is 0.416. The fourth-order valence-corrected chi connectivity index (χ4v) is 2.63. The van der Waals surface area contributed by atoms with Gasteiger partial charge in [0, 0.05) is 61.0 Å². The molecule has 2 aromatic heterocycles. The van der Waals surface area contributed by atoms with Gasteiger partial charge in [0.2, 0.25) is 5.91 Å². The van der Waals surface area contributed by atoms with Gasteiger partial charge in [0.15, 0.2) is 0 Å². The number of amides is 1. The van der Waals surface area contributed by atoms with Gasteiger partial charge in [-0.3, -0.25) is 14.9 Å². The fourth-order valence-electron chi connectivity index (χ4n) is 2.63. The van der Waals surface area contributed by atoms with Gasteiger partial charge in [-0.15, -0.1) is 0 Å². The molecule has 0 fully saturated rings. The molecule has 7 heteroatoms. The number of anilines is 1. The molecule has 3 N–H and O–H groups in total. The number of hydrogen-bond donors (Lipinski definition) is 3. The van der Waals surface area contributed by atoms with Gasteiger partial charge in [-0.25, -0.2) is 0 Å². The zero-order chi connectivity index (χ0) is 19.6. The largest absolute Gasteiger partial charge is 0.323 e. The Labute approximate surface area is 163 Å². The monoisotopic (exact) mass is 372 g/mol. The first-order valence-corrected chi connectivity index (χ1v) is 8.85. The van der Waals surface area contributed by atoms with E-state index in [1.54, 1.807) is 30.9 Å². The van der Waals surface area contributed by atoms with Crippen LogP contribution in [0.15, 0.2) is 61.2 Å². The molecule has 0 saturated carbocycles. The average molecular weight is 372 g/mol. The first-order chi connectivity index (χ1) is 13.8. The van der Waals surface area contributed by atoms with Crippen LogP contribution in [0.25, 0.3) is 17.2 Å². The van der Waals surface area contributed by atoms with Gasteiger partial charge in [0.25, 0.3) is 0 Å². The van der Waals surface area contributed by atoms with E-state index in [0.717, 1.165) is 27.9 Å². The lowest BCUT2D eigenvalue weighted by Gasteiger charge is -2.06. The van der Waals surface area contributed by atoms with E-state index in [1.807, 2.05) is 30.3 Å². The fraction of sp³-hybridized carbons (Fsp3) is 0.143. The Morgan fingerprint density at radius 3 is 2.82 bits per heavy atom. The van der Waals surface area contributed by atoms with Crippen LogP contribution in [0.3, 0.4) is 0 Å². The van der Waals surface area contributed by atoms with Crippen LogP contribution < -0.4 is 10.6 Å². The highest BCUT2D eigenvalue weighted by atomic mass is 16.1. The van der Waals surface area contributed by atoms with Crippen LogP contribution in [-0.2, 0) is 11.3 Å². The van der Waals surface area contributed by atoms with Gasteiger partial charge >= 0.3 is 0 Å². The summed E-state index contributed by atoms with van der Waals surface area (Å²) in [5.41, 5.74) is 4.52. The lowest BCUT2D eigenvalue weighted by Crippen LogP contribution is -2.14. The minimum atomic E-state index is -0.220. The highest BCUT2D eigenvalue weighted by Crippen LogP contribution is 2.22. The van der Waals surface area contributed by atoms with Crippen LogP contribution in [0.4, 0.5) is 5.69 Å². The number of carbonyl (C=O) groups is 1. The molecule has 3 aromatic rings. The number of nitrogens with zero attached hydrogens (tertiary/aromatic N) is 3. The topological polar surface area (TPSA) is 106 Å². The first kappa shape index (κ1) is 19.0. The summed E-state index contributed by atoms with van der Waals surface area (Å²) < 4.78 is 0. The smallest absolute Gasteiger partial charge is 0.248 e. The molecule has 0 atom stereocenters. The van der Waals surface area contributed by atoms with E-state index in [0.29, 0.717) is 19.5 Å². The van der Waals surface area contributed by atoms with Gasteiger partial charge in [0.05, 0.1) is 12.3 Å². The van der Waals surface area contributed by atoms with Gasteiger partial charge in [0.1, 0.15) is 0 Å². The molecular formula is C21H20N6O. The number of carbonyl (C=O) groups excluding carboxylic acids is 1. The lowest BCUT2D eigenvalue weighted by atomic mass is 10.0. The third kappa shape index (κ3) is 5.37. The Balaban J connectivity index is 1.58. The molecule has 0 aliphatic carbocycles. The Hall–Kier alpha value is -3.76. The second kappa shape index (κ2) is 9.80. The number of nitriles is 1. The summed E-state index contributed by atoms with van der Waals surface area (Å²) in [7, 11) is 0. The number of nitrogens with one attached hydrogen (secondary N) is 3. The van der Waals surface area contributed by atoms with Crippen LogP contribution in [0, 0.1) is 11.3 Å². The van der Waals surface area contributed by atoms with E-state index < -0.39 is 0 Å². The zero-order valence-electron chi connectivity index (χ0n) is 15.2. The molecule has 1 aromatic carbocycles. The van der Waals surface area contributed by atoms with Crippen LogP contribution in [-0.4, -0.2) is 27.6 Å². The lowest BCUT2D eigenvalue weighted by molar-refractivity contribution is -0.111. The van der Waals surface area contributed by atoms with Crippen LogP contribution >= 0.6 is 0 Å². The van der Waals surface area contributed by atoms with E-state index in [9.17, 15) is 4.79 Å². The number of hydrogen-bond acceptors (Lipinski definition) is 5. The first-order valence-electron chi connectivity index (χ1n) is 8.85. The van der Waals surface area contributed by atoms with Crippen molar-refractivity contribution in [2.75, 3.05) is 11.9 Å². The van der Waals surface area contributed by atoms with Crippen LogP contribution in [0.5, 0.6) is 0 Å². The summed E-state index contributed by atoms with van der Waals surface area (Å²) in [5, 5.41) is 21.3. The van der Waals surface area contributed by atoms with E-state index in [4.69, 9.17) is 5.26 Å². The van der Waals surface area contributed by atoms with Crippen molar-refractivity contribution in [2.45, 2.75) is 13.0 Å². The number of aromatic amines is 1. The minimum Gasteiger partial charge on any atom is -0.323 e. The van der Waals surface area contributed by atoms with E-state index in [2.05, 4.69) is 31.9 Å². The van der Waals surface area contributed by atoms with Gasteiger partial charge in [-0.05, 0) is 35.4 Å². The third-order valence-corrected chi connectivity index (χ3v) is 4.04. The molecule has 28 heavy (non-hydrogen) atoms. The Kier molecular flexibility index (Phi) is 6.66. The molecule has 0 saturated heterocycles. The van der Waals surface area contributed by atoms with Crippen molar-refractivity contribution in [3.8, 4) is 17.2 Å². The van der Waals surface area contributed by atoms with Crippen molar-refractivity contribution in [3.05, 3.63) is 72.3 Å². The number of aromatic nitrogens is 3. The van der Waals surface area contributed by atoms with E-state index in [-0.39, 0.29) is 5.91 Å².